The largest absolute Gasteiger partial charge is 0.349 e. The summed E-state index contributed by atoms with van der Waals surface area (Å²) in [7, 11) is 0. The Morgan fingerprint density at radius 3 is 2.53 bits per heavy atom. The van der Waals surface area contributed by atoms with E-state index in [1.807, 2.05) is 38.1 Å². The van der Waals surface area contributed by atoms with Crippen LogP contribution in [0.4, 0.5) is 0 Å². The van der Waals surface area contributed by atoms with Crippen LogP contribution in [0.2, 0.25) is 0 Å². The van der Waals surface area contributed by atoms with Crippen LogP contribution in [0, 0.1) is 13.8 Å². The van der Waals surface area contributed by atoms with Gasteiger partial charge >= 0.3 is 0 Å². The van der Waals surface area contributed by atoms with Crippen molar-refractivity contribution in [2.24, 2.45) is 0 Å². The summed E-state index contributed by atoms with van der Waals surface area (Å²) in [6, 6.07) is 12.5. The fraction of sp³-hybridized carbons (Fsp3) is 0.312. The standard InChI is InChI=1S/C16H18N2O/c1-11-10-15(16(19)17-13-8-9-13)12(2)18(11)14-6-4-3-5-7-14/h3-7,10,13H,8-9H2,1-2H3,(H,17,19). The molecule has 1 N–H and O–H groups in total. The van der Waals surface area contributed by atoms with Crippen molar-refractivity contribution < 1.29 is 4.79 Å². The minimum absolute atomic E-state index is 0.0535. The van der Waals surface area contributed by atoms with Crippen LogP contribution in [-0.4, -0.2) is 16.5 Å². The summed E-state index contributed by atoms with van der Waals surface area (Å²) >= 11 is 0. The highest BCUT2D eigenvalue weighted by atomic mass is 16.1. The first-order valence-electron chi connectivity index (χ1n) is 6.72. The number of nitrogens with one attached hydrogen (secondary N) is 1. The third-order valence-electron chi connectivity index (χ3n) is 3.60. The first-order chi connectivity index (χ1) is 9.16. The summed E-state index contributed by atoms with van der Waals surface area (Å²) in [5.74, 6) is 0.0535. The molecule has 98 valence electrons. The van der Waals surface area contributed by atoms with Crippen LogP contribution in [0.3, 0.4) is 0 Å². The Labute approximate surface area is 113 Å². The van der Waals surface area contributed by atoms with Gasteiger partial charge in [0.25, 0.3) is 5.91 Å². The number of aryl methyl sites for hydroxylation is 1. The van der Waals surface area contributed by atoms with Crippen molar-refractivity contribution in [1.29, 1.82) is 0 Å². The first-order valence-corrected chi connectivity index (χ1v) is 6.72. The number of nitrogens with zero attached hydrogens (tertiary/aromatic N) is 1. The second kappa shape index (κ2) is 4.57. The number of carbonyl (C=O) groups excluding carboxylic acids is 1. The average Bonchev–Trinajstić information content (AvgIpc) is 3.15. The second-order valence-electron chi connectivity index (χ2n) is 5.20. The molecule has 2 aromatic rings. The Bertz CT molecular complexity index is 609. The molecule has 19 heavy (non-hydrogen) atoms. The molecule has 0 spiro atoms. The second-order valence-corrected chi connectivity index (χ2v) is 5.20. The van der Waals surface area contributed by atoms with Gasteiger partial charge < -0.3 is 9.88 Å². The number of carbonyl (C=O) groups is 1. The molecule has 1 aliphatic carbocycles. The zero-order valence-electron chi connectivity index (χ0n) is 11.3. The highest BCUT2D eigenvalue weighted by molar-refractivity contribution is 5.96. The molecule has 3 heteroatoms. The molecule has 1 aromatic carbocycles. The van der Waals surface area contributed by atoms with Crippen molar-refractivity contribution in [3.05, 3.63) is 53.3 Å². The van der Waals surface area contributed by atoms with Crippen molar-refractivity contribution in [2.75, 3.05) is 0 Å². The van der Waals surface area contributed by atoms with E-state index in [-0.39, 0.29) is 5.91 Å². The van der Waals surface area contributed by atoms with Crippen molar-refractivity contribution in [1.82, 2.24) is 9.88 Å². The van der Waals surface area contributed by atoms with Crippen molar-refractivity contribution in [3.63, 3.8) is 0 Å². The number of rotatable bonds is 3. The van der Waals surface area contributed by atoms with Gasteiger partial charge in [0, 0.05) is 23.1 Å². The molecule has 1 fully saturated rings. The SMILES string of the molecule is Cc1cc(C(=O)NC2CC2)c(C)n1-c1ccccc1. The first kappa shape index (κ1) is 12.0. The smallest absolute Gasteiger partial charge is 0.253 e. The van der Waals surface area contributed by atoms with Gasteiger partial charge in [-0.1, -0.05) is 18.2 Å². The van der Waals surface area contributed by atoms with Crippen LogP contribution in [0.5, 0.6) is 0 Å². The van der Waals surface area contributed by atoms with Crippen LogP contribution in [-0.2, 0) is 0 Å². The lowest BCUT2D eigenvalue weighted by atomic mass is 10.2. The van der Waals surface area contributed by atoms with Crippen molar-refractivity contribution in [3.8, 4) is 5.69 Å². The molecule has 1 aliphatic rings. The minimum atomic E-state index is 0.0535. The van der Waals surface area contributed by atoms with E-state index in [2.05, 4.69) is 22.0 Å². The predicted octanol–water partition coefficient (Wildman–Crippen LogP) is 2.99. The molecular weight excluding hydrogens is 236 g/mol. The Morgan fingerprint density at radius 1 is 1.21 bits per heavy atom. The summed E-state index contributed by atoms with van der Waals surface area (Å²) in [5.41, 5.74) is 3.97. The fourth-order valence-electron chi connectivity index (χ4n) is 2.46. The normalized spacial score (nSPS) is 14.4. The molecule has 0 saturated heterocycles. The maximum absolute atomic E-state index is 12.2. The number of aromatic nitrogens is 1. The highest BCUT2D eigenvalue weighted by Gasteiger charge is 2.25. The van der Waals surface area contributed by atoms with Crippen LogP contribution in [0.1, 0.15) is 34.6 Å². The molecule has 0 aliphatic heterocycles. The van der Waals surface area contributed by atoms with E-state index < -0.39 is 0 Å². The molecule has 0 radical (unpaired) electrons. The molecule has 1 saturated carbocycles. The maximum atomic E-state index is 12.2. The maximum Gasteiger partial charge on any atom is 0.253 e. The lowest BCUT2D eigenvalue weighted by Gasteiger charge is -2.09. The van der Waals surface area contributed by atoms with Gasteiger partial charge in [0.05, 0.1) is 5.56 Å². The summed E-state index contributed by atoms with van der Waals surface area (Å²) in [4.78, 5) is 12.2. The molecule has 1 amide bonds. The number of amides is 1. The lowest BCUT2D eigenvalue weighted by molar-refractivity contribution is 0.0950. The molecule has 1 aromatic heterocycles. The minimum Gasteiger partial charge on any atom is -0.349 e. The Balaban J connectivity index is 1.98. The molecule has 0 atom stereocenters. The van der Waals surface area contributed by atoms with Gasteiger partial charge in [-0.25, -0.2) is 0 Å². The number of hydrogen-bond donors (Lipinski definition) is 1. The van der Waals surface area contributed by atoms with Crippen LogP contribution >= 0.6 is 0 Å². The van der Waals surface area contributed by atoms with Gasteiger partial charge in [0.2, 0.25) is 0 Å². The van der Waals surface area contributed by atoms with E-state index in [9.17, 15) is 4.79 Å². The van der Waals surface area contributed by atoms with Gasteiger partial charge in [0.15, 0.2) is 0 Å². The molecule has 0 bridgehead atoms. The Morgan fingerprint density at radius 2 is 1.89 bits per heavy atom. The van der Waals surface area contributed by atoms with E-state index in [1.54, 1.807) is 0 Å². The van der Waals surface area contributed by atoms with Crippen molar-refractivity contribution in [2.45, 2.75) is 32.7 Å². The molecular formula is C16H18N2O. The average molecular weight is 254 g/mol. The third kappa shape index (κ3) is 2.28. The Kier molecular flexibility index (Phi) is 2.90. The molecule has 0 unspecified atom stereocenters. The zero-order chi connectivity index (χ0) is 13.4. The molecule has 3 rings (SSSR count). The number of para-hydroxylation sites is 1. The van der Waals surface area contributed by atoms with E-state index >= 15 is 0 Å². The highest BCUT2D eigenvalue weighted by Crippen LogP contribution is 2.23. The summed E-state index contributed by atoms with van der Waals surface area (Å²) < 4.78 is 2.13. The molecule has 1 heterocycles. The summed E-state index contributed by atoms with van der Waals surface area (Å²) in [6.45, 7) is 4.04. The van der Waals surface area contributed by atoms with Crippen LogP contribution in [0.25, 0.3) is 5.69 Å². The predicted molar refractivity (Wildman–Crippen MR) is 75.7 cm³/mol. The topological polar surface area (TPSA) is 34.0 Å². The lowest BCUT2D eigenvalue weighted by Crippen LogP contribution is -2.25. The van der Waals surface area contributed by atoms with E-state index in [4.69, 9.17) is 0 Å². The van der Waals surface area contributed by atoms with E-state index in [0.29, 0.717) is 6.04 Å². The van der Waals surface area contributed by atoms with Gasteiger partial charge in [-0.05, 0) is 44.9 Å². The van der Waals surface area contributed by atoms with Gasteiger partial charge in [-0.15, -0.1) is 0 Å². The fourth-order valence-corrected chi connectivity index (χ4v) is 2.46. The Hall–Kier alpha value is -2.03. The number of hydrogen-bond acceptors (Lipinski definition) is 1. The monoisotopic (exact) mass is 254 g/mol. The summed E-state index contributed by atoms with van der Waals surface area (Å²) in [5, 5.41) is 3.05. The third-order valence-corrected chi connectivity index (χ3v) is 3.60. The van der Waals surface area contributed by atoms with Gasteiger partial charge in [0.1, 0.15) is 0 Å². The quantitative estimate of drug-likeness (QED) is 0.897. The molecule has 3 nitrogen and oxygen atoms in total. The zero-order valence-corrected chi connectivity index (χ0v) is 11.3. The van der Waals surface area contributed by atoms with Crippen molar-refractivity contribution >= 4 is 5.91 Å². The van der Waals surface area contributed by atoms with Crippen LogP contribution in [0.15, 0.2) is 36.4 Å². The van der Waals surface area contributed by atoms with Gasteiger partial charge in [-0.2, -0.15) is 0 Å². The van der Waals surface area contributed by atoms with Crippen LogP contribution < -0.4 is 5.32 Å². The van der Waals surface area contributed by atoms with E-state index in [1.165, 1.54) is 0 Å². The number of benzene rings is 1. The van der Waals surface area contributed by atoms with Gasteiger partial charge in [-0.3, -0.25) is 4.79 Å². The van der Waals surface area contributed by atoms with E-state index in [0.717, 1.165) is 35.5 Å². The summed E-state index contributed by atoms with van der Waals surface area (Å²) in [6.07, 6.45) is 2.23.